The second-order valence-electron chi connectivity index (χ2n) is 6.33. The van der Waals surface area contributed by atoms with Gasteiger partial charge in [-0.05, 0) is 25.7 Å². The van der Waals surface area contributed by atoms with E-state index in [1.165, 1.54) is 19.0 Å². The van der Waals surface area contributed by atoms with Crippen LogP contribution in [0.25, 0.3) is 0 Å². The van der Waals surface area contributed by atoms with Gasteiger partial charge in [0, 0.05) is 25.0 Å². The molecule has 1 saturated heterocycles. The number of rotatable bonds is 3. The van der Waals surface area contributed by atoms with Gasteiger partial charge in [-0.3, -0.25) is 4.79 Å². The number of amides is 1. The molecular formula is C16H22N6O. The average molecular weight is 314 g/mol. The van der Waals surface area contributed by atoms with Crippen LogP contribution >= 0.6 is 0 Å². The van der Waals surface area contributed by atoms with Crippen LogP contribution in [-0.4, -0.2) is 39.9 Å². The number of likely N-dealkylation sites (tertiary alicyclic amines) is 1. The normalized spacial score (nSPS) is 19.5. The molecule has 2 aliphatic rings. The fourth-order valence-electron chi connectivity index (χ4n) is 3.41. The van der Waals surface area contributed by atoms with Gasteiger partial charge in [0.05, 0.1) is 6.20 Å². The van der Waals surface area contributed by atoms with E-state index in [-0.39, 0.29) is 23.3 Å². The first-order valence-electron chi connectivity index (χ1n) is 8.25. The summed E-state index contributed by atoms with van der Waals surface area (Å²) in [6.07, 6.45) is 7.66. The van der Waals surface area contributed by atoms with Gasteiger partial charge in [0.2, 0.25) is 11.9 Å². The monoisotopic (exact) mass is 314 g/mol. The highest BCUT2D eigenvalue weighted by atomic mass is 16.2. The third-order valence-corrected chi connectivity index (χ3v) is 4.78. The maximum Gasteiger partial charge on any atom is 0.225 e. The van der Waals surface area contributed by atoms with E-state index in [9.17, 15) is 4.79 Å². The standard InChI is InChI=1S/C16H22N6O/c17-9-12-10-19-16(21-14(12)18)20-13-5-7-22(8-6-13)15(23)11-3-1-2-4-11/h10-11,13H,1-8H2,(H3,18,19,20,21). The molecule has 3 N–H and O–H groups in total. The highest BCUT2D eigenvalue weighted by Gasteiger charge is 2.30. The van der Waals surface area contributed by atoms with Gasteiger partial charge < -0.3 is 16.0 Å². The Hall–Kier alpha value is -2.36. The molecular weight excluding hydrogens is 292 g/mol. The molecule has 2 heterocycles. The van der Waals surface area contributed by atoms with Gasteiger partial charge in [0.25, 0.3) is 0 Å². The molecule has 0 aromatic carbocycles. The van der Waals surface area contributed by atoms with Crippen molar-refractivity contribution in [2.24, 2.45) is 5.92 Å². The fourth-order valence-corrected chi connectivity index (χ4v) is 3.41. The molecule has 0 atom stereocenters. The lowest BCUT2D eigenvalue weighted by molar-refractivity contribution is -0.136. The van der Waals surface area contributed by atoms with Crippen molar-refractivity contribution in [3.05, 3.63) is 11.8 Å². The minimum atomic E-state index is 0.193. The van der Waals surface area contributed by atoms with Crippen LogP contribution in [0.3, 0.4) is 0 Å². The molecule has 0 unspecified atom stereocenters. The summed E-state index contributed by atoms with van der Waals surface area (Å²) in [6.45, 7) is 1.55. The number of piperidine rings is 1. The third kappa shape index (κ3) is 3.52. The van der Waals surface area contributed by atoms with Crippen molar-refractivity contribution in [1.29, 1.82) is 5.26 Å². The molecule has 2 fully saturated rings. The van der Waals surface area contributed by atoms with Crippen molar-refractivity contribution in [2.45, 2.75) is 44.6 Å². The van der Waals surface area contributed by atoms with Crippen molar-refractivity contribution in [1.82, 2.24) is 14.9 Å². The van der Waals surface area contributed by atoms with Gasteiger partial charge in [0.15, 0.2) is 0 Å². The van der Waals surface area contributed by atoms with Gasteiger partial charge in [-0.15, -0.1) is 0 Å². The van der Waals surface area contributed by atoms with E-state index in [1.54, 1.807) is 0 Å². The number of nitriles is 1. The molecule has 1 amide bonds. The Balaban J connectivity index is 1.52. The number of carbonyl (C=O) groups excluding carboxylic acids is 1. The Labute approximate surface area is 135 Å². The van der Waals surface area contributed by atoms with Crippen LogP contribution in [0.1, 0.15) is 44.1 Å². The SMILES string of the molecule is N#Cc1cnc(NC2CCN(C(=O)C3CCCC3)CC2)nc1N. The van der Waals surface area contributed by atoms with Gasteiger partial charge in [-0.25, -0.2) is 4.98 Å². The van der Waals surface area contributed by atoms with E-state index in [1.807, 2.05) is 11.0 Å². The summed E-state index contributed by atoms with van der Waals surface area (Å²) < 4.78 is 0. The molecule has 7 nitrogen and oxygen atoms in total. The predicted octanol–water partition coefficient (Wildman–Crippen LogP) is 1.52. The van der Waals surface area contributed by atoms with E-state index in [4.69, 9.17) is 11.0 Å². The molecule has 0 radical (unpaired) electrons. The molecule has 0 spiro atoms. The fraction of sp³-hybridized carbons (Fsp3) is 0.625. The van der Waals surface area contributed by atoms with Crippen molar-refractivity contribution in [3.8, 4) is 6.07 Å². The highest BCUT2D eigenvalue weighted by Crippen LogP contribution is 2.28. The van der Waals surface area contributed by atoms with Crippen LogP contribution in [0.15, 0.2) is 6.20 Å². The van der Waals surface area contributed by atoms with Gasteiger partial charge in [0.1, 0.15) is 17.5 Å². The summed E-state index contributed by atoms with van der Waals surface area (Å²) in [6, 6.07) is 2.18. The summed E-state index contributed by atoms with van der Waals surface area (Å²) in [4.78, 5) is 22.6. The van der Waals surface area contributed by atoms with Crippen LogP contribution in [0, 0.1) is 17.2 Å². The van der Waals surface area contributed by atoms with Crippen LogP contribution in [-0.2, 0) is 4.79 Å². The second kappa shape index (κ2) is 6.82. The molecule has 1 aliphatic carbocycles. The Morgan fingerprint density at radius 2 is 2.00 bits per heavy atom. The number of carbonyl (C=O) groups is 1. The molecule has 1 aromatic rings. The minimum Gasteiger partial charge on any atom is -0.382 e. The maximum absolute atomic E-state index is 12.4. The van der Waals surface area contributed by atoms with E-state index >= 15 is 0 Å². The molecule has 1 aromatic heterocycles. The number of hydrogen-bond donors (Lipinski definition) is 2. The Morgan fingerprint density at radius 1 is 1.30 bits per heavy atom. The summed E-state index contributed by atoms with van der Waals surface area (Å²) in [5, 5.41) is 12.1. The number of nitrogen functional groups attached to an aromatic ring is 1. The summed E-state index contributed by atoms with van der Waals surface area (Å²) in [7, 11) is 0. The van der Waals surface area contributed by atoms with E-state index in [0.717, 1.165) is 38.8 Å². The zero-order chi connectivity index (χ0) is 16.2. The largest absolute Gasteiger partial charge is 0.382 e. The second-order valence-corrected chi connectivity index (χ2v) is 6.33. The molecule has 3 rings (SSSR count). The maximum atomic E-state index is 12.4. The first-order chi connectivity index (χ1) is 11.2. The lowest BCUT2D eigenvalue weighted by Crippen LogP contribution is -2.44. The van der Waals surface area contributed by atoms with E-state index in [2.05, 4.69) is 15.3 Å². The van der Waals surface area contributed by atoms with Gasteiger partial charge in [-0.2, -0.15) is 10.2 Å². The van der Waals surface area contributed by atoms with Crippen molar-refractivity contribution < 1.29 is 4.79 Å². The van der Waals surface area contributed by atoms with Crippen molar-refractivity contribution in [3.63, 3.8) is 0 Å². The highest BCUT2D eigenvalue weighted by molar-refractivity contribution is 5.79. The number of aromatic nitrogens is 2. The van der Waals surface area contributed by atoms with Crippen LogP contribution in [0.4, 0.5) is 11.8 Å². The lowest BCUT2D eigenvalue weighted by Gasteiger charge is -2.34. The van der Waals surface area contributed by atoms with E-state index in [0.29, 0.717) is 11.9 Å². The molecule has 1 saturated carbocycles. The minimum absolute atomic E-state index is 0.193. The summed E-state index contributed by atoms with van der Waals surface area (Å²) >= 11 is 0. The topological polar surface area (TPSA) is 108 Å². The summed E-state index contributed by atoms with van der Waals surface area (Å²) in [5.41, 5.74) is 5.99. The van der Waals surface area contributed by atoms with Crippen molar-refractivity contribution in [2.75, 3.05) is 24.1 Å². The van der Waals surface area contributed by atoms with Crippen molar-refractivity contribution >= 4 is 17.7 Å². The van der Waals surface area contributed by atoms with Gasteiger partial charge >= 0.3 is 0 Å². The Morgan fingerprint density at radius 3 is 2.61 bits per heavy atom. The van der Waals surface area contributed by atoms with Crippen LogP contribution in [0.5, 0.6) is 0 Å². The predicted molar refractivity (Wildman–Crippen MR) is 86.3 cm³/mol. The quantitative estimate of drug-likeness (QED) is 0.876. The summed E-state index contributed by atoms with van der Waals surface area (Å²) in [5.74, 6) is 1.22. The number of nitrogens with one attached hydrogen (secondary N) is 1. The molecule has 122 valence electrons. The van der Waals surface area contributed by atoms with Crippen LogP contribution < -0.4 is 11.1 Å². The molecule has 1 aliphatic heterocycles. The average Bonchev–Trinajstić information content (AvgIpc) is 3.09. The third-order valence-electron chi connectivity index (χ3n) is 4.78. The smallest absolute Gasteiger partial charge is 0.225 e. The zero-order valence-corrected chi connectivity index (χ0v) is 13.2. The molecule has 23 heavy (non-hydrogen) atoms. The number of hydrogen-bond acceptors (Lipinski definition) is 6. The van der Waals surface area contributed by atoms with Crippen LogP contribution in [0.2, 0.25) is 0 Å². The zero-order valence-electron chi connectivity index (χ0n) is 13.2. The Kier molecular flexibility index (Phi) is 4.60. The van der Waals surface area contributed by atoms with E-state index < -0.39 is 0 Å². The van der Waals surface area contributed by atoms with Gasteiger partial charge in [-0.1, -0.05) is 12.8 Å². The number of anilines is 2. The molecule has 7 heteroatoms. The Bertz CT molecular complexity index is 611. The number of nitrogens with zero attached hydrogens (tertiary/aromatic N) is 4. The lowest BCUT2D eigenvalue weighted by atomic mass is 10.0. The molecule has 0 bridgehead atoms. The first-order valence-corrected chi connectivity index (χ1v) is 8.25. The number of nitrogens with two attached hydrogens (primary N) is 1. The first kappa shape index (κ1) is 15.5.